The second kappa shape index (κ2) is 21.7. The van der Waals surface area contributed by atoms with Crippen molar-refractivity contribution in [3.8, 4) is 0 Å². The van der Waals surface area contributed by atoms with E-state index in [1.165, 1.54) is 11.0 Å². The molecule has 0 aliphatic carbocycles. The third-order valence-corrected chi connectivity index (χ3v) is 12.9. The Hall–Kier alpha value is -4.28. The van der Waals surface area contributed by atoms with E-state index < -0.39 is 35.5 Å². The second-order valence-electron chi connectivity index (χ2n) is 16.7. The number of fused-ring (bicyclic) bond motifs is 1. The molecule has 4 aliphatic rings. The molecular formula is C44H61ClF3N7O6. The Morgan fingerprint density at radius 2 is 1.59 bits per heavy atom. The molecule has 4 heterocycles. The van der Waals surface area contributed by atoms with Gasteiger partial charge in [0.1, 0.15) is 0 Å². The second-order valence-corrected chi connectivity index (χ2v) is 17.1. The van der Waals surface area contributed by atoms with Crippen LogP contribution in [0.4, 0.5) is 34.1 Å². The Morgan fingerprint density at radius 1 is 0.885 bits per heavy atom. The lowest BCUT2D eigenvalue weighted by Gasteiger charge is -2.43. The van der Waals surface area contributed by atoms with E-state index in [-0.39, 0.29) is 48.1 Å². The summed E-state index contributed by atoms with van der Waals surface area (Å²) in [6.07, 6.45) is 1.80. The van der Waals surface area contributed by atoms with Crippen molar-refractivity contribution in [1.82, 2.24) is 24.5 Å². The zero-order chi connectivity index (χ0) is 43.5. The molecule has 3 fully saturated rings. The lowest BCUT2D eigenvalue weighted by Crippen LogP contribution is -2.56. The fourth-order valence-electron chi connectivity index (χ4n) is 8.97. The van der Waals surface area contributed by atoms with Crippen LogP contribution in [0.5, 0.6) is 0 Å². The van der Waals surface area contributed by atoms with Gasteiger partial charge in [-0.2, -0.15) is 13.2 Å². The van der Waals surface area contributed by atoms with Crippen molar-refractivity contribution in [2.75, 3.05) is 83.1 Å². The molecule has 4 amide bonds. The van der Waals surface area contributed by atoms with Crippen LogP contribution in [0.25, 0.3) is 0 Å². The first kappa shape index (κ1) is 46.2. The van der Waals surface area contributed by atoms with Gasteiger partial charge in [0.15, 0.2) is 6.10 Å². The Kier molecular flexibility index (Phi) is 16.4. The largest absolute Gasteiger partial charge is 0.466 e. The van der Waals surface area contributed by atoms with Gasteiger partial charge in [0.2, 0.25) is 0 Å². The number of amides is 4. The fraction of sp³-hybridized carbons (Fsp3) is 0.636. The topological polar surface area (TPSA) is 141 Å². The minimum atomic E-state index is -4.79. The average molecular weight is 876 g/mol. The summed E-state index contributed by atoms with van der Waals surface area (Å²) in [6.45, 7) is 8.34. The number of nitrogens with zero attached hydrogens (tertiary/aromatic N) is 5. The van der Waals surface area contributed by atoms with Gasteiger partial charge in [0, 0.05) is 76.4 Å². The van der Waals surface area contributed by atoms with Crippen LogP contribution in [0.2, 0.25) is 5.02 Å². The number of alkyl halides is 3. The van der Waals surface area contributed by atoms with Crippen LogP contribution in [0.3, 0.4) is 0 Å². The van der Waals surface area contributed by atoms with Crippen molar-refractivity contribution >= 4 is 47.0 Å². The van der Waals surface area contributed by atoms with Gasteiger partial charge >= 0.3 is 24.3 Å². The molecule has 4 aliphatic heterocycles. The Morgan fingerprint density at radius 3 is 2.30 bits per heavy atom. The van der Waals surface area contributed by atoms with Crippen LogP contribution >= 0.6 is 11.6 Å². The van der Waals surface area contributed by atoms with Gasteiger partial charge in [-0.15, -0.1) is 0 Å². The number of carbonyl (C=O) groups is 4. The maximum atomic E-state index is 14.2. The molecule has 17 heteroatoms. The van der Waals surface area contributed by atoms with E-state index >= 15 is 0 Å². The Bertz CT molecular complexity index is 1810. The number of piperidine rings is 2. The average Bonchev–Trinajstić information content (AvgIpc) is 3.42. The van der Waals surface area contributed by atoms with Gasteiger partial charge in [-0.1, -0.05) is 56.0 Å². The number of nitrogen functional groups attached to an aromatic ring is 1. The number of likely N-dealkylation sites (tertiary alicyclic amines) is 2. The number of hydrogen-bond donors (Lipinski definition) is 2. The van der Waals surface area contributed by atoms with Crippen LogP contribution in [0, 0.1) is 0 Å². The number of rotatable bonds is 15. The number of benzene rings is 2. The summed E-state index contributed by atoms with van der Waals surface area (Å²) in [6, 6.07) is 9.85. The van der Waals surface area contributed by atoms with Crippen LogP contribution in [0.15, 0.2) is 36.4 Å². The van der Waals surface area contributed by atoms with E-state index in [0.29, 0.717) is 71.1 Å². The molecule has 61 heavy (non-hydrogen) atoms. The number of nitrogens with two attached hydrogens (primary N) is 1. The van der Waals surface area contributed by atoms with Gasteiger partial charge < -0.3 is 40.1 Å². The molecule has 0 aromatic heterocycles. The first-order valence-electron chi connectivity index (χ1n) is 22.0. The molecule has 0 saturated carbocycles. The SMILES string of the molecule is CCCCCCOC(=O)CCCN1CCC(N2CCN(C(=O)[C@@H](Cc3cc(Cl)c(N)c(C(F)(F)F)c3)OC(=O)N3CCC(N4CCc5ccccc5NC4=O)CC3)CC2)CC1. The zero-order valence-electron chi connectivity index (χ0n) is 35.2. The number of ether oxygens (including phenoxy) is 2. The van der Waals surface area contributed by atoms with E-state index in [2.05, 4.69) is 22.0 Å². The molecule has 13 nitrogen and oxygen atoms in total. The summed E-state index contributed by atoms with van der Waals surface area (Å²) in [4.78, 5) is 62.9. The number of halogens is 4. The first-order valence-corrected chi connectivity index (χ1v) is 22.4. The molecule has 3 N–H and O–H groups in total. The van der Waals surface area contributed by atoms with Gasteiger partial charge in [0.25, 0.3) is 5.91 Å². The van der Waals surface area contributed by atoms with Gasteiger partial charge in [-0.05, 0) is 93.9 Å². The normalized spacial score (nSPS) is 19.2. The highest BCUT2D eigenvalue weighted by molar-refractivity contribution is 6.33. The predicted molar refractivity (Wildman–Crippen MR) is 227 cm³/mol. The van der Waals surface area contributed by atoms with Crippen molar-refractivity contribution < 1.29 is 41.8 Å². The third-order valence-electron chi connectivity index (χ3n) is 12.6. The highest BCUT2D eigenvalue weighted by atomic mass is 35.5. The maximum absolute atomic E-state index is 14.2. The highest BCUT2D eigenvalue weighted by Gasteiger charge is 2.38. The quantitative estimate of drug-likeness (QED) is 0.109. The van der Waals surface area contributed by atoms with E-state index in [4.69, 9.17) is 26.8 Å². The molecule has 6 rings (SSSR count). The summed E-state index contributed by atoms with van der Waals surface area (Å²) >= 11 is 6.16. The highest BCUT2D eigenvalue weighted by Crippen LogP contribution is 2.38. The minimum Gasteiger partial charge on any atom is -0.466 e. The van der Waals surface area contributed by atoms with E-state index in [0.717, 1.165) is 81.9 Å². The molecule has 0 unspecified atom stereocenters. The van der Waals surface area contributed by atoms with Crippen LogP contribution < -0.4 is 11.1 Å². The smallest absolute Gasteiger partial charge is 0.418 e. The molecule has 2 aromatic carbocycles. The summed E-state index contributed by atoms with van der Waals surface area (Å²) in [5.74, 6) is -0.620. The van der Waals surface area contributed by atoms with Gasteiger partial charge in [0.05, 0.1) is 22.9 Å². The minimum absolute atomic E-state index is 0.0641. The molecule has 0 spiro atoms. The van der Waals surface area contributed by atoms with Gasteiger partial charge in [-0.25, -0.2) is 9.59 Å². The van der Waals surface area contributed by atoms with E-state index in [1.54, 1.807) is 9.80 Å². The fourth-order valence-corrected chi connectivity index (χ4v) is 9.21. The molecule has 0 bridgehead atoms. The first-order chi connectivity index (χ1) is 29.3. The number of piperazine rings is 1. The van der Waals surface area contributed by atoms with Gasteiger partial charge in [-0.3, -0.25) is 14.5 Å². The predicted octanol–water partition coefficient (Wildman–Crippen LogP) is 7.06. The van der Waals surface area contributed by atoms with Crippen LogP contribution in [0.1, 0.15) is 87.8 Å². The molecule has 336 valence electrons. The van der Waals surface area contributed by atoms with Crippen molar-refractivity contribution in [3.63, 3.8) is 0 Å². The third kappa shape index (κ3) is 12.7. The number of nitrogens with one attached hydrogen (secondary N) is 1. The number of carbonyl (C=O) groups excluding carboxylic acids is 4. The Labute approximate surface area is 362 Å². The standard InChI is InChI=1S/C44H61ClF3N7O6/c1-2-3-4-7-27-60-39(56)11-8-17-51-18-13-33(14-19-51)52-23-25-53(26-24-52)41(57)38(30-31-28-35(44(46,47)48)40(49)36(45)29-31)61-43(59)54-20-15-34(16-21-54)55-22-12-32-9-5-6-10-37(32)50-42(55)58/h5-6,9-10,28-29,33-34,38H,2-4,7-8,11-27,30,49H2,1H3,(H,50,58)/t38-/m1/s1. The van der Waals surface area contributed by atoms with Crippen molar-refractivity contribution in [2.45, 2.75) is 108 Å². The number of unbranched alkanes of at least 4 members (excludes halogenated alkanes) is 3. The zero-order valence-corrected chi connectivity index (χ0v) is 36.0. The summed E-state index contributed by atoms with van der Waals surface area (Å²) in [7, 11) is 0. The van der Waals surface area contributed by atoms with Crippen molar-refractivity contribution in [1.29, 1.82) is 0 Å². The lowest BCUT2D eigenvalue weighted by molar-refractivity contribution is -0.144. The lowest BCUT2D eigenvalue weighted by atomic mass is 10.0. The molecule has 2 aromatic rings. The monoisotopic (exact) mass is 875 g/mol. The summed E-state index contributed by atoms with van der Waals surface area (Å²) < 4.78 is 53.1. The van der Waals surface area contributed by atoms with Crippen LogP contribution in [-0.4, -0.2) is 139 Å². The Balaban J connectivity index is 1.01. The number of esters is 1. The molecule has 3 saturated heterocycles. The van der Waals surface area contributed by atoms with Crippen LogP contribution in [-0.2, 0) is 38.1 Å². The number of hydrogen-bond acceptors (Lipinski definition) is 9. The summed E-state index contributed by atoms with van der Waals surface area (Å²) in [5, 5.41) is 2.69. The maximum Gasteiger partial charge on any atom is 0.418 e. The van der Waals surface area contributed by atoms with Crippen molar-refractivity contribution in [2.24, 2.45) is 0 Å². The molecule has 1 atom stereocenters. The molecule has 0 radical (unpaired) electrons. The number of para-hydroxylation sites is 1. The number of anilines is 2. The van der Waals surface area contributed by atoms with E-state index in [1.807, 2.05) is 24.3 Å². The molecular weight excluding hydrogens is 815 g/mol. The summed E-state index contributed by atoms with van der Waals surface area (Å²) in [5.41, 5.74) is 5.87. The number of urea groups is 1. The van der Waals surface area contributed by atoms with Crippen molar-refractivity contribution in [3.05, 3.63) is 58.1 Å². The van der Waals surface area contributed by atoms with E-state index in [9.17, 15) is 32.3 Å².